The summed E-state index contributed by atoms with van der Waals surface area (Å²) in [6.45, 7) is 12.3. The normalized spacial score (nSPS) is 29.9. The van der Waals surface area contributed by atoms with E-state index in [0.29, 0.717) is 6.54 Å². The van der Waals surface area contributed by atoms with Crippen LogP contribution in [0, 0.1) is 0 Å². The van der Waals surface area contributed by atoms with Crippen molar-refractivity contribution < 1.29 is 52.6 Å². The minimum atomic E-state index is -5.08. The fraction of sp³-hybridized carbons (Fsp3) is 0.815. The first kappa shape index (κ1) is 38.0. The van der Waals surface area contributed by atoms with Crippen LogP contribution in [-0.2, 0) is 19.0 Å². The van der Waals surface area contributed by atoms with Crippen molar-refractivity contribution in [3.63, 3.8) is 0 Å². The Morgan fingerprint density at radius 2 is 1.72 bits per heavy atom. The maximum atomic E-state index is 12.3. The summed E-state index contributed by atoms with van der Waals surface area (Å²) in [6, 6.07) is 1.19. The molecule has 16 nitrogen and oxygen atoms in total. The van der Waals surface area contributed by atoms with Crippen molar-refractivity contribution in [2.45, 2.75) is 75.6 Å². The molecule has 3 aliphatic heterocycles. The molecule has 1 aromatic heterocycles. The van der Waals surface area contributed by atoms with E-state index in [-0.39, 0.29) is 13.0 Å². The van der Waals surface area contributed by atoms with Gasteiger partial charge >= 0.3 is 17.8 Å². The molecule has 1 aromatic rings. The molecular formula is C27H45F3N6O10. The zero-order valence-electron chi connectivity index (χ0n) is 25.8. The molecule has 0 saturated carbocycles. The average Bonchev–Trinajstić information content (AvgIpc) is 3.52. The Labute approximate surface area is 263 Å². The Balaban J connectivity index is 0.000000738. The van der Waals surface area contributed by atoms with E-state index in [9.17, 15) is 38.1 Å². The number of piperazine rings is 1. The first-order chi connectivity index (χ1) is 21.7. The van der Waals surface area contributed by atoms with E-state index >= 15 is 0 Å². The number of ether oxygens (including phenoxy) is 3. The van der Waals surface area contributed by atoms with Gasteiger partial charge in [-0.25, -0.2) is 9.59 Å². The quantitative estimate of drug-likeness (QED) is 0.136. The Hall–Kier alpha value is -2.46. The van der Waals surface area contributed by atoms with Gasteiger partial charge in [-0.1, -0.05) is 13.8 Å². The second-order valence-electron chi connectivity index (χ2n) is 11.3. The highest BCUT2D eigenvalue weighted by molar-refractivity contribution is 5.73. The van der Waals surface area contributed by atoms with Gasteiger partial charge in [0.15, 0.2) is 12.5 Å². The number of hydrogen-bond donors (Lipinski definition) is 6. The molecule has 3 saturated heterocycles. The van der Waals surface area contributed by atoms with E-state index in [0.717, 1.165) is 56.9 Å². The number of aromatic amines is 1. The van der Waals surface area contributed by atoms with Crippen LogP contribution in [-0.4, -0.2) is 165 Å². The predicted molar refractivity (Wildman–Crippen MR) is 155 cm³/mol. The van der Waals surface area contributed by atoms with Gasteiger partial charge in [-0.15, -0.1) is 0 Å². The summed E-state index contributed by atoms with van der Waals surface area (Å²) >= 11 is 0. The van der Waals surface area contributed by atoms with Crippen LogP contribution in [0.5, 0.6) is 0 Å². The molecule has 0 aliphatic carbocycles. The lowest BCUT2D eigenvalue weighted by molar-refractivity contribution is -0.218. The molecule has 0 radical (unpaired) electrons. The first-order valence-electron chi connectivity index (χ1n) is 15.2. The highest BCUT2D eigenvalue weighted by Gasteiger charge is 2.47. The molecule has 0 amide bonds. The number of carboxylic acid groups (broad SMARTS) is 1. The third kappa shape index (κ3) is 10.3. The van der Waals surface area contributed by atoms with Crippen LogP contribution < -0.4 is 17.0 Å². The molecular weight excluding hydrogens is 625 g/mol. The van der Waals surface area contributed by atoms with Crippen LogP contribution in [0.25, 0.3) is 0 Å². The Morgan fingerprint density at radius 3 is 2.24 bits per heavy atom. The Kier molecular flexibility index (Phi) is 14.1. The van der Waals surface area contributed by atoms with E-state index in [4.69, 9.17) is 29.8 Å². The maximum Gasteiger partial charge on any atom is 0.490 e. The van der Waals surface area contributed by atoms with Crippen molar-refractivity contribution in [2.75, 3.05) is 65.4 Å². The van der Waals surface area contributed by atoms with Crippen LogP contribution in [0.2, 0.25) is 0 Å². The van der Waals surface area contributed by atoms with Crippen molar-refractivity contribution >= 4 is 5.97 Å². The molecule has 7 N–H and O–H groups in total. The number of carboxylic acids is 1. The van der Waals surface area contributed by atoms with Gasteiger partial charge < -0.3 is 45.3 Å². The van der Waals surface area contributed by atoms with E-state index < -0.39 is 72.5 Å². The average molecular weight is 671 g/mol. The van der Waals surface area contributed by atoms with Gasteiger partial charge in [0.2, 0.25) is 0 Å². The lowest BCUT2D eigenvalue weighted by atomic mass is 10.1. The van der Waals surface area contributed by atoms with Crippen molar-refractivity contribution in [1.29, 1.82) is 0 Å². The minimum absolute atomic E-state index is 0.0219. The van der Waals surface area contributed by atoms with Gasteiger partial charge in [0.1, 0.15) is 24.4 Å². The molecule has 3 aliphatic rings. The molecule has 4 heterocycles. The lowest BCUT2D eigenvalue weighted by Gasteiger charge is -2.38. The van der Waals surface area contributed by atoms with E-state index in [1.54, 1.807) is 0 Å². The molecule has 0 aromatic carbocycles. The van der Waals surface area contributed by atoms with Gasteiger partial charge in [0.25, 0.3) is 5.56 Å². The topological polar surface area (TPSA) is 216 Å². The summed E-state index contributed by atoms with van der Waals surface area (Å²) in [5, 5.41) is 38.7. The highest BCUT2D eigenvalue weighted by atomic mass is 19.4. The van der Waals surface area contributed by atoms with Crippen molar-refractivity contribution in [3.05, 3.63) is 33.1 Å². The number of alkyl halides is 3. The number of aliphatic hydroxyl groups is 3. The molecule has 0 spiro atoms. The first-order valence-corrected chi connectivity index (χ1v) is 15.2. The van der Waals surface area contributed by atoms with Gasteiger partial charge in [-0.3, -0.25) is 24.1 Å². The van der Waals surface area contributed by atoms with E-state index in [2.05, 4.69) is 33.5 Å². The molecule has 8 atom stereocenters. The number of aliphatic hydroxyl groups excluding tert-OH is 3. The second-order valence-corrected chi connectivity index (χ2v) is 11.3. The number of likely N-dealkylation sites (N-methyl/N-ethyl adjacent to an activating group) is 1. The van der Waals surface area contributed by atoms with Crippen LogP contribution in [0.4, 0.5) is 13.2 Å². The number of rotatable bonds is 12. The Bertz CT molecular complexity index is 1210. The summed E-state index contributed by atoms with van der Waals surface area (Å²) in [6.07, 6.45) is -11.3. The highest BCUT2D eigenvalue weighted by Crippen LogP contribution is 2.33. The second kappa shape index (κ2) is 17.1. The summed E-state index contributed by atoms with van der Waals surface area (Å²) in [5.74, 6) is -2.76. The molecule has 46 heavy (non-hydrogen) atoms. The van der Waals surface area contributed by atoms with E-state index in [1.807, 2.05) is 0 Å². The maximum absolute atomic E-state index is 12.3. The van der Waals surface area contributed by atoms with Crippen LogP contribution in [0.15, 0.2) is 21.9 Å². The monoisotopic (exact) mass is 670 g/mol. The van der Waals surface area contributed by atoms with Crippen LogP contribution in [0.1, 0.15) is 26.5 Å². The molecule has 264 valence electrons. The number of carbonyl (C=O) groups is 1. The van der Waals surface area contributed by atoms with Crippen LogP contribution >= 0.6 is 0 Å². The molecule has 19 heteroatoms. The predicted octanol–water partition coefficient (Wildman–Crippen LogP) is -2.43. The van der Waals surface area contributed by atoms with Gasteiger partial charge in [0.05, 0.1) is 12.2 Å². The smallest absolute Gasteiger partial charge is 0.475 e. The summed E-state index contributed by atoms with van der Waals surface area (Å²) in [7, 11) is 0. The lowest BCUT2D eigenvalue weighted by Crippen LogP contribution is -2.52. The van der Waals surface area contributed by atoms with Crippen molar-refractivity contribution in [1.82, 2.24) is 24.3 Å². The summed E-state index contributed by atoms with van der Waals surface area (Å²) < 4.78 is 50.9. The number of nitrogens with one attached hydrogen (secondary N) is 1. The fourth-order valence-corrected chi connectivity index (χ4v) is 5.51. The molecule has 0 bridgehead atoms. The number of H-pyrrole nitrogens is 1. The molecule has 0 unspecified atom stereocenters. The van der Waals surface area contributed by atoms with E-state index in [1.165, 1.54) is 12.3 Å². The molecule has 3 fully saturated rings. The Morgan fingerprint density at radius 1 is 1.11 bits per heavy atom. The summed E-state index contributed by atoms with van der Waals surface area (Å²) in [5.41, 5.74) is 4.44. The van der Waals surface area contributed by atoms with Gasteiger partial charge in [0, 0.05) is 71.0 Å². The minimum Gasteiger partial charge on any atom is -0.475 e. The third-order valence-corrected chi connectivity index (χ3v) is 8.29. The number of nitrogens with two attached hydrogens (primary N) is 1. The standard InChI is InChI=1S/C25H44N6O8.C2HF3O2/c1-3-28(4-2)7-8-29-9-11-30(12-10-29)15-19(39-24-22(35)21(34)18(14-26)38-24)17-13-16(32)23(37-17)31-6-5-20(33)27-25(31)36;3-2(4,5)1(6)7/h5-6,16-19,21-24,32,34-35H,3-4,7-15,26H2,1-2H3,(H,27,33,36);(H,6,7)/t16-,17+,18-,19+,21-,22-,23-,24+;/m1./s1. The number of aliphatic carboxylic acids is 1. The SMILES string of the molecule is CCN(CC)CCN1CCN(C[C@H](O[C@@H]2O[C@H](CN)[C@@H](O)[C@H]2O)[C@@H]2C[C@@H](O)[C@H](n3ccc(=O)[nH]c3=O)O2)CC1.O=C(O)C(F)(F)F. The fourth-order valence-electron chi connectivity index (χ4n) is 5.51. The number of aromatic nitrogens is 2. The van der Waals surface area contributed by atoms with Crippen molar-refractivity contribution in [3.8, 4) is 0 Å². The number of halogens is 3. The zero-order valence-corrected chi connectivity index (χ0v) is 25.8. The zero-order chi connectivity index (χ0) is 34.2. The van der Waals surface area contributed by atoms with Gasteiger partial charge in [-0.2, -0.15) is 13.2 Å². The number of nitrogens with zero attached hydrogens (tertiary/aromatic N) is 4. The van der Waals surface area contributed by atoms with Crippen LogP contribution in [0.3, 0.4) is 0 Å². The van der Waals surface area contributed by atoms with Gasteiger partial charge in [-0.05, 0) is 13.1 Å². The summed E-state index contributed by atoms with van der Waals surface area (Å²) in [4.78, 5) is 42.0. The molecule has 4 rings (SSSR count). The number of hydrogen-bond acceptors (Lipinski definition) is 13. The third-order valence-electron chi connectivity index (χ3n) is 8.29. The largest absolute Gasteiger partial charge is 0.490 e. The van der Waals surface area contributed by atoms with Crippen molar-refractivity contribution in [2.24, 2.45) is 5.73 Å².